The molecule has 4 nitrogen and oxygen atoms in total. The fraction of sp³-hybridized carbons (Fsp3) is 0.556. The second kappa shape index (κ2) is 5.35. The Morgan fingerprint density at radius 2 is 2.00 bits per heavy atom. The number of carbonyl (C=O) groups excluding carboxylic acids is 1. The van der Waals surface area contributed by atoms with E-state index in [0.29, 0.717) is 19.4 Å². The highest BCUT2D eigenvalue weighted by Gasteiger charge is 2.05. The predicted molar refractivity (Wildman–Crippen MR) is 49.3 cm³/mol. The largest absolute Gasteiger partial charge is 0.478 e. The number of carboxylic acid groups (broad SMARTS) is 1. The summed E-state index contributed by atoms with van der Waals surface area (Å²) in [5.41, 5.74) is 0.192. The monoisotopic (exact) mass is 185 g/mol. The molecule has 0 aromatic heterocycles. The van der Waals surface area contributed by atoms with Crippen LogP contribution in [0.2, 0.25) is 0 Å². The van der Waals surface area contributed by atoms with E-state index in [9.17, 15) is 9.59 Å². The Kier molecular flexibility index (Phi) is 4.80. The molecule has 0 atom stereocenters. The molecule has 0 saturated heterocycles. The lowest BCUT2D eigenvalue weighted by Gasteiger charge is -2.13. The van der Waals surface area contributed by atoms with Crippen molar-refractivity contribution in [2.45, 2.75) is 19.8 Å². The molecule has 0 aromatic carbocycles. The minimum absolute atomic E-state index is 0.0130. The van der Waals surface area contributed by atoms with E-state index in [2.05, 4.69) is 6.58 Å². The normalized spacial score (nSPS) is 9.38. The van der Waals surface area contributed by atoms with E-state index in [1.807, 2.05) is 0 Å². The van der Waals surface area contributed by atoms with Crippen molar-refractivity contribution < 1.29 is 14.7 Å². The van der Waals surface area contributed by atoms with Crippen LogP contribution in [0.1, 0.15) is 19.8 Å². The van der Waals surface area contributed by atoms with Crippen LogP contribution in [0, 0.1) is 0 Å². The number of rotatable bonds is 5. The molecule has 0 aliphatic heterocycles. The Bertz CT molecular complexity index is 223. The molecular formula is C9H15NO3. The summed E-state index contributed by atoms with van der Waals surface area (Å²) >= 11 is 0. The van der Waals surface area contributed by atoms with Gasteiger partial charge in [0.05, 0.1) is 0 Å². The van der Waals surface area contributed by atoms with Crippen molar-refractivity contribution in [1.29, 1.82) is 0 Å². The Labute approximate surface area is 77.8 Å². The second-order valence-electron chi connectivity index (χ2n) is 2.95. The van der Waals surface area contributed by atoms with E-state index >= 15 is 0 Å². The topological polar surface area (TPSA) is 57.6 Å². The summed E-state index contributed by atoms with van der Waals surface area (Å²) in [4.78, 5) is 22.6. The number of nitrogens with zero attached hydrogens (tertiary/aromatic N) is 1. The summed E-state index contributed by atoms with van der Waals surface area (Å²) in [5, 5.41) is 8.48. The highest BCUT2D eigenvalue weighted by atomic mass is 16.4. The van der Waals surface area contributed by atoms with Gasteiger partial charge in [0.1, 0.15) is 0 Å². The first-order chi connectivity index (χ1) is 5.95. The van der Waals surface area contributed by atoms with E-state index in [-0.39, 0.29) is 11.5 Å². The molecule has 0 heterocycles. The zero-order valence-electron chi connectivity index (χ0n) is 8.04. The first-order valence-electron chi connectivity index (χ1n) is 4.08. The standard InChI is InChI=1S/C9H15NO3/c1-7(9(12)13)5-4-6-10(3)8(2)11/h1,4-6H2,2-3H3,(H,12,13). The zero-order valence-corrected chi connectivity index (χ0v) is 8.04. The van der Waals surface area contributed by atoms with Gasteiger partial charge in [-0.1, -0.05) is 6.58 Å². The number of hydrogen-bond donors (Lipinski definition) is 1. The van der Waals surface area contributed by atoms with Crippen LogP contribution >= 0.6 is 0 Å². The predicted octanol–water partition coefficient (Wildman–Crippen LogP) is 0.886. The summed E-state index contributed by atoms with van der Waals surface area (Å²) in [6, 6.07) is 0. The third-order valence-electron chi connectivity index (χ3n) is 1.81. The maximum absolute atomic E-state index is 10.7. The average molecular weight is 185 g/mol. The molecule has 74 valence electrons. The van der Waals surface area contributed by atoms with Crippen LogP contribution in [0.3, 0.4) is 0 Å². The number of amides is 1. The first kappa shape index (κ1) is 11.7. The van der Waals surface area contributed by atoms with Gasteiger partial charge in [0.2, 0.25) is 5.91 Å². The van der Waals surface area contributed by atoms with Gasteiger partial charge in [-0.25, -0.2) is 4.79 Å². The van der Waals surface area contributed by atoms with Crippen molar-refractivity contribution in [1.82, 2.24) is 4.90 Å². The Morgan fingerprint density at radius 3 is 2.38 bits per heavy atom. The number of carboxylic acids is 1. The van der Waals surface area contributed by atoms with Crippen LogP contribution in [0.5, 0.6) is 0 Å². The number of aliphatic carboxylic acids is 1. The minimum Gasteiger partial charge on any atom is -0.478 e. The van der Waals surface area contributed by atoms with Crippen LogP contribution in [-0.2, 0) is 9.59 Å². The molecule has 0 bridgehead atoms. The van der Waals surface area contributed by atoms with Gasteiger partial charge >= 0.3 is 5.97 Å². The maximum Gasteiger partial charge on any atom is 0.330 e. The lowest BCUT2D eigenvalue weighted by atomic mass is 10.1. The van der Waals surface area contributed by atoms with Gasteiger partial charge in [-0.15, -0.1) is 0 Å². The Balaban J connectivity index is 3.62. The van der Waals surface area contributed by atoms with Crippen LogP contribution in [0.25, 0.3) is 0 Å². The number of hydrogen-bond acceptors (Lipinski definition) is 2. The van der Waals surface area contributed by atoms with Crippen molar-refractivity contribution in [2.24, 2.45) is 0 Å². The fourth-order valence-electron chi connectivity index (χ4n) is 0.794. The van der Waals surface area contributed by atoms with Crippen molar-refractivity contribution in [3.05, 3.63) is 12.2 Å². The molecule has 1 amide bonds. The molecule has 4 heteroatoms. The first-order valence-corrected chi connectivity index (χ1v) is 4.08. The third-order valence-corrected chi connectivity index (χ3v) is 1.81. The molecule has 0 saturated carbocycles. The highest BCUT2D eigenvalue weighted by molar-refractivity contribution is 5.85. The second-order valence-corrected chi connectivity index (χ2v) is 2.95. The van der Waals surface area contributed by atoms with Crippen LogP contribution in [0.15, 0.2) is 12.2 Å². The van der Waals surface area contributed by atoms with Gasteiger partial charge < -0.3 is 10.0 Å². The quantitative estimate of drug-likeness (QED) is 0.647. The van der Waals surface area contributed by atoms with Crippen molar-refractivity contribution >= 4 is 11.9 Å². The van der Waals surface area contributed by atoms with E-state index in [1.54, 1.807) is 11.9 Å². The third kappa shape index (κ3) is 5.00. The number of carbonyl (C=O) groups is 2. The van der Waals surface area contributed by atoms with E-state index in [0.717, 1.165) is 0 Å². The highest BCUT2D eigenvalue weighted by Crippen LogP contribution is 2.02. The van der Waals surface area contributed by atoms with E-state index in [1.165, 1.54) is 6.92 Å². The summed E-state index contributed by atoms with van der Waals surface area (Å²) < 4.78 is 0. The zero-order chi connectivity index (χ0) is 10.4. The SMILES string of the molecule is C=C(CCCN(C)C(C)=O)C(=O)O. The molecule has 0 fully saturated rings. The Hall–Kier alpha value is -1.32. The maximum atomic E-state index is 10.7. The smallest absolute Gasteiger partial charge is 0.330 e. The van der Waals surface area contributed by atoms with Gasteiger partial charge in [0, 0.05) is 26.1 Å². The molecule has 0 aromatic rings. The molecule has 13 heavy (non-hydrogen) atoms. The summed E-state index contributed by atoms with van der Waals surface area (Å²) in [6.07, 6.45) is 1.06. The molecule has 1 N–H and O–H groups in total. The lowest BCUT2D eigenvalue weighted by Crippen LogP contribution is -2.24. The molecule has 0 radical (unpaired) electrons. The van der Waals surface area contributed by atoms with E-state index in [4.69, 9.17) is 5.11 Å². The minimum atomic E-state index is -0.967. The average Bonchev–Trinajstić information content (AvgIpc) is 2.03. The lowest BCUT2D eigenvalue weighted by molar-refractivity contribution is -0.132. The van der Waals surface area contributed by atoms with Gasteiger partial charge in [0.25, 0.3) is 0 Å². The summed E-state index contributed by atoms with van der Waals surface area (Å²) in [6.45, 7) is 5.44. The van der Waals surface area contributed by atoms with E-state index < -0.39 is 5.97 Å². The van der Waals surface area contributed by atoms with Crippen LogP contribution < -0.4 is 0 Å². The van der Waals surface area contributed by atoms with Crippen molar-refractivity contribution in [2.75, 3.05) is 13.6 Å². The van der Waals surface area contributed by atoms with Gasteiger partial charge in [-0.2, -0.15) is 0 Å². The molecule has 0 rings (SSSR count). The van der Waals surface area contributed by atoms with Gasteiger partial charge in [-0.05, 0) is 12.8 Å². The van der Waals surface area contributed by atoms with Crippen molar-refractivity contribution in [3.8, 4) is 0 Å². The molecule has 0 aliphatic rings. The summed E-state index contributed by atoms with van der Waals surface area (Å²) in [5.74, 6) is -0.980. The molecular weight excluding hydrogens is 170 g/mol. The Morgan fingerprint density at radius 1 is 1.46 bits per heavy atom. The van der Waals surface area contributed by atoms with Crippen LogP contribution in [-0.4, -0.2) is 35.5 Å². The summed E-state index contributed by atoms with van der Waals surface area (Å²) in [7, 11) is 1.69. The van der Waals surface area contributed by atoms with Gasteiger partial charge in [-0.3, -0.25) is 4.79 Å². The fourth-order valence-corrected chi connectivity index (χ4v) is 0.794. The van der Waals surface area contributed by atoms with Crippen molar-refractivity contribution in [3.63, 3.8) is 0 Å². The van der Waals surface area contributed by atoms with Gasteiger partial charge in [0.15, 0.2) is 0 Å². The molecule has 0 unspecified atom stereocenters. The van der Waals surface area contributed by atoms with Crippen LogP contribution in [0.4, 0.5) is 0 Å². The molecule has 0 spiro atoms. The molecule has 0 aliphatic carbocycles.